The second-order valence-corrected chi connectivity index (χ2v) is 5.20. The maximum absolute atomic E-state index is 11.9. The molecule has 0 unspecified atom stereocenters. The summed E-state index contributed by atoms with van der Waals surface area (Å²) < 4.78 is 21.4. The van der Waals surface area contributed by atoms with Crippen LogP contribution in [0.5, 0.6) is 23.0 Å². The van der Waals surface area contributed by atoms with E-state index in [2.05, 4.69) is 0 Å². The lowest BCUT2D eigenvalue weighted by Crippen LogP contribution is -1.98. The molecule has 0 saturated carbocycles. The van der Waals surface area contributed by atoms with Gasteiger partial charge in [-0.3, -0.25) is 0 Å². The summed E-state index contributed by atoms with van der Waals surface area (Å²) in [4.78, 5) is 11.9. The fourth-order valence-electron chi connectivity index (χ4n) is 2.65. The van der Waals surface area contributed by atoms with Crippen molar-refractivity contribution in [2.45, 2.75) is 0 Å². The van der Waals surface area contributed by atoms with Crippen LogP contribution < -0.4 is 14.2 Å². The minimum Gasteiger partial charge on any atom is -0.504 e. The van der Waals surface area contributed by atoms with E-state index >= 15 is 0 Å². The van der Waals surface area contributed by atoms with Crippen molar-refractivity contribution >= 4 is 16.9 Å². The number of aromatic hydroxyl groups is 1. The Hall–Kier alpha value is -3.35. The molecule has 0 aliphatic carbocycles. The first-order valence-electron chi connectivity index (χ1n) is 7.29. The van der Waals surface area contributed by atoms with Gasteiger partial charge in [0.05, 0.1) is 21.3 Å². The molecule has 0 spiro atoms. The number of phenolic OH excluding ortho intramolecular Hbond substituents is 1. The van der Waals surface area contributed by atoms with Crippen LogP contribution in [0.4, 0.5) is 0 Å². The molecule has 7 heteroatoms. The predicted molar refractivity (Wildman–Crippen MR) is 89.9 cm³/mol. The molecule has 130 valence electrons. The first-order chi connectivity index (χ1) is 12.0. The summed E-state index contributed by atoms with van der Waals surface area (Å²) in [5.41, 5.74) is 0.715. The van der Waals surface area contributed by atoms with E-state index in [9.17, 15) is 15.0 Å². The second kappa shape index (κ2) is 6.27. The minimum absolute atomic E-state index is 0.0278. The van der Waals surface area contributed by atoms with Gasteiger partial charge in [0.2, 0.25) is 0 Å². The molecule has 2 N–H and O–H groups in total. The molecule has 1 aromatic heterocycles. The molecule has 3 rings (SSSR count). The maximum Gasteiger partial charge on any atom is 0.340 e. The van der Waals surface area contributed by atoms with Crippen molar-refractivity contribution in [3.8, 4) is 34.3 Å². The van der Waals surface area contributed by atoms with Gasteiger partial charge in [-0.25, -0.2) is 4.79 Å². The number of phenols is 1. The van der Waals surface area contributed by atoms with Gasteiger partial charge in [-0.15, -0.1) is 0 Å². The molecule has 25 heavy (non-hydrogen) atoms. The lowest BCUT2D eigenvalue weighted by atomic mass is 10.0. The molecule has 0 fully saturated rings. The number of carboxylic acids is 1. The average Bonchev–Trinajstić information content (AvgIpc) is 3.00. The van der Waals surface area contributed by atoms with Crippen LogP contribution >= 0.6 is 0 Å². The Bertz CT molecular complexity index is 956. The highest BCUT2D eigenvalue weighted by molar-refractivity contribution is 6.09. The Kier molecular flexibility index (Phi) is 4.14. The third kappa shape index (κ3) is 2.69. The van der Waals surface area contributed by atoms with Gasteiger partial charge in [0.25, 0.3) is 0 Å². The molecule has 0 amide bonds. The molecular weight excluding hydrogens is 328 g/mol. The summed E-state index contributed by atoms with van der Waals surface area (Å²) in [5.74, 6) is -0.0721. The first kappa shape index (κ1) is 16.5. The van der Waals surface area contributed by atoms with Crippen molar-refractivity contribution in [3.63, 3.8) is 0 Å². The molecule has 0 aliphatic rings. The van der Waals surface area contributed by atoms with E-state index in [4.69, 9.17) is 18.6 Å². The quantitative estimate of drug-likeness (QED) is 0.730. The van der Waals surface area contributed by atoms with Gasteiger partial charge in [-0.05, 0) is 24.3 Å². The SMILES string of the molecule is COc1cc(OC)c2oc(-c3ccc(O)c(OC)c3)c(C(=O)O)c2c1. The molecule has 0 saturated heterocycles. The number of hydrogen-bond donors (Lipinski definition) is 2. The highest BCUT2D eigenvalue weighted by atomic mass is 16.5. The zero-order chi connectivity index (χ0) is 18.1. The number of carboxylic acid groups (broad SMARTS) is 1. The van der Waals surface area contributed by atoms with Gasteiger partial charge in [0.15, 0.2) is 22.8 Å². The molecule has 1 heterocycles. The summed E-state index contributed by atoms with van der Waals surface area (Å²) >= 11 is 0. The van der Waals surface area contributed by atoms with Crippen LogP contribution in [0, 0.1) is 0 Å². The normalized spacial score (nSPS) is 10.7. The van der Waals surface area contributed by atoms with Crippen LogP contribution in [0.1, 0.15) is 10.4 Å². The molecular formula is C18H16O7. The Morgan fingerprint density at radius 1 is 1.00 bits per heavy atom. The van der Waals surface area contributed by atoms with E-state index in [-0.39, 0.29) is 22.8 Å². The van der Waals surface area contributed by atoms with E-state index in [0.29, 0.717) is 28.0 Å². The topological polar surface area (TPSA) is 98.4 Å². The van der Waals surface area contributed by atoms with Gasteiger partial charge < -0.3 is 28.8 Å². The van der Waals surface area contributed by atoms with Gasteiger partial charge in [-0.2, -0.15) is 0 Å². The lowest BCUT2D eigenvalue weighted by Gasteiger charge is -2.05. The Morgan fingerprint density at radius 3 is 2.32 bits per heavy atom. The zero-order valence-electron chi connectivity index (χ0n) is 13.8. The highest BCUT2D eigenvalue weighted by Crippen LogP contribution is 2.42. The molecule has 0 radical (unpaired) electrons. The summed E-state index contributed by atoms with van der Waals surface area (Å²) in [6.07, 6.45) is 0. The average molecular weight is 344 g/mol. The van der Waals surface area contributed by atoms with Crippen molar-refractivity contribution in [1.29, 1.82) is 0 Å². The third-order valence-electron chi connectivity index (χ3n) is 3.84. The number of aromatic carboxylic acids is 1. The fourth-order valence-corrected chi connectivity index (χ4v) is 2.65. The smallest absolute Gasteiger partial charge is 0.340 e. The largest absolute Gasteiger partial charge is 0.504 e. The molecule has 7 nitrogen and oxygen atoms in total. The summed E-state index contributed by atoms with van der Waals surface area (Å²) in [6, 6.07) is 7.64. The Morgan fingerprint density at radius 2 is 1.72 bits per heavy atom. The summed E-state index contributed by atoms with van der Waals surface area (Å²) in [5, 5.41) is 19.8. The van der Waals surface area contributed by atoms with Crippen LogP contribution in [0.25, 0.3) is 22.3 Å². The minimum atomic E-state index is -1.16. The number of rotatable bonds is 5. The maximum atomic E-state index is 11.9. The molecule has 0 aliphatic heterocycles. The summed E-state index contributed by atoms with van der Waals surface area (Å²) in [7, 11) is 4.34. The van der Waals surface area contributed by atoms with Crippen LogP contribution in [0.15, 0.2) is 34.7 Å². The number of ether oxygens (including phenoxy) is 3. The van der Waals surface area contributed by atoms with E-state index in [1.165, 1.54) is 33.5 Å². The predicted octanol–water partition coefficient (Wildman–Crippen LogP) is 3.53. The lowest BCUT2D eigenvalue weighted by molar-refractivity contribution is 0.0699. The number of hydrogen-bond acceptors (Lipinski definition) is 6. The van der Waals surface area contributed by atoms with Crippen LogP contribution in [-0.2, 0) is 0 Å². The Labute approximate surface area is 143 Å². The van der Waals surface area contributed by atoms with Gasteiger partial charge in [0, 0.05) is 17.0 Å². The third-order valence-corrected chi connectivity index (χ3v) is 3.84. The van der Waals surface area contributed by atoms with Crippen molar-refractivity contribution in [2.75, 3.05) is 21.3 Å². The first-order valence-corrected chi connectivity index (χ1v) is 7.29. The Balaban J connectivity index is 2.35. The molecule has 3 aromatic rings. The van der Waals surface area contributed by atoms with Gasteiger partial charge in [0.1, 0.15) is 17.1 Å². The van der Waals surface area contributed by atoms with E-state index in [0.717, 1.165) is 0 Å². The number of methoxy groups -OCH3 is 3. The highest BCUT2D eigenvalue weighted by Gasteiger charge is 2.25. The molecule has 0 bridgehead atoms. The van der Waals surface area contributed by atoms with E-state index < -0.39 is 5.97 Å². The van der Waals surface area contributed by atoms with Gasteiger partial charge >= 0.3 is 5.97 Å². The van der Waals surface area contributed by atoms with Gasteiger partial charge in [-0.1, -0.05) is 0 Å². The number of benzene rings is 2. The monoisotopic (exact) mass is 344 g/mol. The van der Waals surface area contributed by atoms with E-state index in [1.807, 2.05) is 0 Å². The van der Waals surface area contributed by atoms with Crippen molar-refractivity contribution in [1.82, 2.24) is 0 Å². The van der Waals surface area contributed by atoms with Crippen LogP contribution in [-0.4, -0.2) is 37.5 Å². The van der Waals surface area contributed by atoms with Crippen LogP contribution in [0.2, 0.25) is 0 Å². The van der Waals surface area contributed by atoms with Crippen LogP contribution in [0.3, 0.4) is 0 Å². The number of furan rings is 1. The summed E-state index contributed by atoms with van der Waals surface area (Å²) in [6.45, 7) is 0. The van der Waals surface area contributed by atoms with Crippen molar-refractivity contribution in [2.24, 2.45) is 0 Å². The standard InChI is InChI=1S/C18H16O7/c1-22-10-7-11-15(18(20)21)16(25-17(11)14(8-10)24-3)9-4-5-12(19)13(6-9)23-2/h4-8,19H,1-3H3,(H,20,21). The zero-order valence-corrected chi connectivity index (χ0v) is 13.8. The van der Waals surface area contributed by atoms with Crippen molar-refractivity contribution < 1.29 is 33.6 Å². The fraction of sp³-hybridized carbons (Fsp3) is 0.167. The number of carbonyl (C=O) groups is 1. The molecule has 2 aromatic carbocycles. The number of fused-ring (bicyclic) bond motifs is 1. The van der Waals surface area contributed by atoms with E-state index in [1.54, 1.807) is 18.2 Å². The molecule has 0 atom stereocenters. The second-order valence-electron chi connectivity index (χ2n) is 5.20. The van der Waals surface area contributed by atoms with Crippen molar-refractivity contribution in [3.05, 3.63) is 35.9 Å².